The highest BCUT2D eigenvalue weighted by molar-refractivity contribution is 8.22. The smallest absolute Gasteiger partial charge is 0.326 e. The second-order valence-electron chi connectivity index (χ2n) is 5.70. The summed E-state index contributed by atoms with van der Waals surface area (Å²) < 4.78 is 0.864. The average Bonchev–Trinajstić information content (AvgIpc) is 3.13. The van der Waals surface area contributed by atoms with Crippen LogP contribution in [0.2, 0.25) is 0 Å². The zero-order valence-electron chi connectivity index (χ0n) is 12.3. The molecule has 0 spiro atoms. The summed E-state index contributed by atoms with van der Waals surface area (Å²) in [5.41, 5.74) is 0. The van der Waals surface area contributed by atoms with Gasteiger partial charge in [0, 0.05) is 31.3 Å². The van der Waals surface area contributed by atoms with Gasteiger partial charge >= 0.3 is 5.97 Å². The van der Waals surface area contributed by atoms with E-state index < -0.39 is 12.0 Å². The van der Waals surface area contributed by atoms with Gasteiger partial charge in [-0.3, -0.25) is 4.79 Å². The van der Waals surface area contributed by atoms with Gasteiger partial charge in [0.05, 0.1) is 0 Å². The molecule has 2 atom stereocenters. The normalized spacial score (nSPS) is 23.4. The third-order valence-corrected chi connectivity index (χ3v) is 5.85. The van der Waals surface area contributed by atoms with Crippen LogP contribution in [0.25, 0.3) is 0 Å². The quantitative estimate of drug-likeness (QED) is 0.793. The molecule has 0 aromatic carbocycles. The average molecular weight is 330 g/mol. The van der Waals surface area contributed by atoms with Crippen LogP contribution in [0.1, 0.15) is 32.6 Å². The van der Waals surface area contributed by atoms with Crippen LogP contribution in [0.5, 0.6) is 0 Å². The molecule has 2 aliphatic rings. The minimum absolute atomic E-state index is 0.0587. The number of likely N-dealkylation sites (tertiary alicyclic amines) is 2. The number of carbonyl (C=O) groups is 2. The van der Waals surface area contributed by atoms with Gasteiger partial charge in [-0.25, -0.2) is 4.79 Å². The van der Waals surface area contributed by atoms with E-state index in [0.717, 1.165) is 23.8 Å². The molecule has 1 N–H and O–H groups in total. The number of hydrogen-bond donors (Lipinski definition) is 1. The number of thioether (sulfide) groups is 1. The van der Waals surface area contributed by atoms with Gasteiger partial charge in [-0.1, -0.05) is 30.9 Å². The Hall–Kier alpha value is -0.820. The summed E-state index contributed by atoms with van der Waals surface area (Å²) in [5, 5.41) is 9.15. The van der Waals surface area contributed by atoms with Gasteiger partial charge in [-0.15, -0.1) is 0 Å². The first-order chi connectivity index (χ1) is 10.0. The van der Waals surface area contributed by atoms with E-state index >= 15 is 0 Å². The predicted octanol–water partition coefficient (Wildman–Crippen LogP) is 1.81. The van der Waals surface area contributed by atoms with Crippen molar-refractivity contribution in [2.24, 2.45) is 5.92 Å². The lowest BCUT2D eigenvalue weighted by Crippen LogP contribution is -2.43. The third kappa shape index (κ3) is 4.10. The van der Waals surface area contributed by atoms with E-state index in [1.165, 1.54) is 17.7 Å². The fourth-order valence-electron chi connectivity index (χ4n) is 2.83. The largest absolute Gasteiger partial charge is 0.480 e. The number of aliphatic carboxylic acids is 1. The minimum Gasteiger partial charge on any atom is -0.480 e. The van der Waals surface area contributed by atoms with Crippen molar-refractivity contribution in [3.8, 4) is 0 Å². The van der Waals surface area contributed by atoms with Crippen molar-refractivity contribution in [1.29, 1.82) is 0 Å². The van der Waals surface area contributed by atoms with Crippen LogP contribution in [0, 0.1) is 5.92 Å². The standard InChI is InChI=1S/C14H22N2O3S2/c1-10(9-21-14(20)15-6-2-3-7-15)12(17)16-8-4-5-11(16)13(18)19/h10-11H,2-9H2,1H3,(H,18,19)/t10-,11+/m1/s1. The van der Waals surface area contributed by atoms with E-state index in [2.05, 4.69) is 4.90 Å². The predicted molar refractivity (Wildman–Crippen MR) is 87.4 cm³/mol. The molecule has 5 nitrogen and oxygen atoms in total. The Morgan fingerprint density at radius 2 is 1.95 bits per heavy atom. The first-order valence-corrected chi connectivity index (χ1v) is 8.85. The number of carbonyl (C=O) groups excluding carboxylic acids is 1. The summed E-state index contributed by atoms with van der Waals surface area (Å²) in [6, 6.07) is -0.643. The van der Waals surface area contributed by atoms with Crippen molar-refractivity contribution in [3.05, 3.63) is 0 Å². The Morgan fingerprint density at radius 1 is 1.29 bits per heavy atom. The van der Waals surface area contributed by atoms with E-state index in [0.29, 0.717) is 18.7 Å². The van der Waals surface area contributed by atoms with Crippen LogP contribution in [0.3, 0.4) is 0 Å². The van der Waals surface area contributed by atoms with Crippen LogP contribution in [-0.2, 0) is 9.59 Å². The van der Waals surface area contributed by atoms with Crippen LogP contribution < -0.4 is 0 Å². The molecule has 2 fully saturated rings. The van der Waals surface area contributed by atoms with Gasteiger partial charge in [-0.05, 0) is 25.7 Å². The molecule has 118 valence electrons. The molecule has 0 bridgehead atoms. The van der Waals surface area contributed by atoms with Crippen molar-refractivity contribution in [3.63, 3.8) is 0 Å². The van der Waals surface area contributed by atoms with Gasteiger partial charge in [0.15, 0.2) is 0 Å². The number of amides is 1. The molecule has 0 aromatic heterocycles. The van der Waals surface area contributed by atoms with Crippen LogP contribution in [0.15, 0.2) is 0 Å². The number of carboxylic acid groups (broad SMARTS) is 1. The van der Waals surface area contributed by atoms with E-state index in [4.69, 9.17) is 17.3 Å². The summed E-state index contributed by atoms with van der Waals surface area (Å²) in [6.45, 7) is 4.45. The molecule has 2 rings (SSSR count). The number of rotatable bonds is 4. The van der Waals surface area contributed by atoms with E-state index in [9.17, 15) is 9.59 Å². The Balaban J connectivity index is 1.82. The molecule has 0 aromatic rings. The summed E-state index contributed by atoms with van der Waals surface area (Å²) in [7, 11) is 0. The second-order valence-corrected chi connectivity index (χ2v) is 7.35. The lowest BCUT2D eigenvalue weighted by Gasteiger charge is -2.25. The van der Waals surface area contributed by atoms with Crippen molar-refractivity contribution < 1.29 is 14.7 Å². The van der Waals surface area contributed by atoms with Gasteiger partial charge in [0.25, 0.3) is 0 Å². The van der Waals surface area contributed by atoms with E-state index in [1.54, 1.807) is 11.8 Å². The summed E-state index contributed by atoms with van der Waals surface area (Å²) >= 11 is 6.93. The number of nitrogens with zero attached hydrogens (tertiary/aromatic N) is 2. The first kappa shape index (κ1) is 16.5. The SMILES string of the molecule is C[C@H](CSC(=S)N1CCCC1)C(=O)N1CCC[C@H]1C(=O)O. The minimum atomic E-state index is -0.895. The van der Waals surface area contributed by atoms with Gasteiger partial charge < -0.3 is 14.9 Å². The molecular weight excluding hydrogens is 308 g/mol. The molecule has 0 aliphatic carbocycles. The highest BCUT2D eigenvalue weighted by Crippen LogP contribution is 2.23. The molecule has 0 radical (unpaired) electrons. The summed E-state index contributed by atoms with van der Waals surface area (Å²) in [6.07, 6.45) is 3.70. The Kier molecular flexibility index (Phi) is 5.87. The molecule has 21 heavy (non-hydrogen) atoms. The van der Waals surface area contributed by atoms with Gasteiger partial charge in [0.1, 0.15) is 10.4 Å². The molecule has 1 amide bonds. The lowest BCUT2D eigenvalue weighted by molar-refractivity contribution is -0.149. The fraction of sp³-hybridized carbons (Fsp3) is 0.786. The van der Waals surface area contributed by atoms with Crippen LogP contribution in [0.4, 0.5) is 0 Å². The molecule has 0 saturated carbocycles. The Bertz CT molecular complexity index is 424. The van der Waals surface area contributed by atoms with Crippen LogP contribution in [-0.4, -0.2) is 62.5 Å². The maximum absolute atomic E-state index is 12.4. The molecule has 0 unspecified atom stereocenters. The van der Waals surface area contributed by atoms with E-state index in [1.807, 2.05) is 6.92 Å². The topological polar surface area (TPSA) is 60.9 Å². The van der Waals surface area contributed by atoms with Crippen molar-refractivity contribution in [1.82, 2.24) is 9.80 Å². The monoisotopic (exact) mass is 330 g/mol. The molecule has 7 heteroatoms. The van der Waals surface area contributed by atoms with Gasteiger partial charge in [-0.2, -0.15) is 0 Å². The Morgan fingerprint density at radius 3 is 2.57 bits per heavy atom. The maximum Gasteiger partial charge on any atom is 0.326 e. The maximum atomic E-state index is 12.4. The van der Waals surface area contributed by atoms with Crippen molar-refractivity contribution in [2.45, 2.75) is 38.6 Å². The zero-order valence-corrected chi connectivity index (χ0v) is 13.9. The molecule has 2 aliphatic heterocycles. The van der Waals surface area contributed by atoms with Gasteiger partial charge in [0.2, 0.25) is 5.91 Å². The zero-order chi connectivity index (χ0) is 15.4. The first-order valence-electron chi connectivity index (χ1n) is 7.45. The Labute approximate surface area is 135 Å². The highest BCUT2D eigenvalue weighted by Gasteiger charge is 2.35. The lowest BCUT2D eigenvalue weighted by atomic mass is 10.1. The summed E-state index contributed by atoms with van der Waals surface area (Å²) in [5.74, 6) is -0.530. The van der Waals surface area contributed by atoms with E-state index in [-0.39, 0.29) is 11.8 Å². The third-order valence-electron chi connectivity index (χ3n) is 4.06. The molecule has 2 heterocycles. The summed E-state index contributed by atoms with van der Waals surface area (Å²) in [4.78, 5) is 27.2. The van der Waals surface area contributed by atoms with Crippen LogP contribution >= 0.6 is 24.0 Å². The number of thiocarbonyl (C=S) groups is 1. The fourth-order valence-corrected chi connectivity index (χ4v) is 4.12. The van der Waals surface area contributed by atoms with Crippen molar-refractivity contribution in [2.75, 3.05) is 25.4 Å². The molecular formula is C14H22N2O3S2. The number of hydrogen-bond acceptors (Lipinski definition) is 4. The van der Waals surface area contributed by atoms with Crippen molar-refractivity contribution >= 4 is 40.2 Å². The number of carboxylic acids is 1. The highest BCUT2D eigenvalue weighted by atomic mass is 32.2. The second kappa shape index (κ2) is 7.45. The molecule has 2 saturated heterocycles.